The van der Waals surface area contributed by atoms with Crippen LogP contribution in [-0.2, 0) is 21.2 Å². The molecule has 0 heterocycles. The topological polar surface area (TPSA) is 84.5 Å². The lowest BCUT2D eigenvalue weighted by Gasteiger charge is -2.19. The van der Waals surface area contributed by atoms with Gasteiger partial charge in [-0.05, 0) is 91.7 Å². The van der Waals surface area contributed by atoms with Gasteiger partial charge in [0.15, 0.2) is 0 Å². The summed E-state index contributed by atoms with van der Waals surface area (Å²) in [5.74, 6) is 0. The van der Waals surface area contributed by atoms with Crippen molar-refractivity contribution in [1.29, 1.82) is 0 Å². The van der Waals surface area contributed by atoms with Gasteiger partial charge in [-0.3, -0.25) is 4.72 Å². The van der Waals surface area contributed by atoms with Crippen LogP contribution in [0.2, 0.25) is 0 Å². The van der Waals surface area contributed by atoms with Crippen LogP contribution in [0.3, 0.4) is 0 Å². The molecule has 27 heavy (non-hydrogen) atoms. The average molecular weight is 502 g/mol. The van der Waals surface area contributed by atoms with E-state index in [-0.39, 0.29) is 4.90 Å². The number of anilines is 1. The van der Waals surface area contributed by atoms with Gasteiger partial charge in [-0.1, -0.05) is 12.1 Å². The first-order valence-electron chi connectivity index (χ1n) is 8.39. The molecule has 146 valence electrons. The van der Waals surface area contributed by atoms with E-state index in [2.05, 4.69) is 32.6 Å². The Bertz CT molecular complexity index is 873. The number of nitrogens with one attached hydrogen (secondary N) is 2. The van der Waals surface area contributed by atoms with E-state index in [1.165, 1.54) is 0 Å². The Balaban J connectivity index is 1.89. The fourth-order valence-electron chi connectivity index (χ4n) is 2.19. The van der Waals surface area contributed by atoms with Crippen LogP contribution in [0.5, 0.6) is 0 Å². The molecule has 0 aliphatic carbocycles. The van der Waals surface area contributed by atoms with E-state index >= 15 is 0 Å². The summed E-state index contributed by atoms with van der Waals surface area (Å²) >= 11 is 2.12. The first-order chi connectivity index (χ1) is 12.5. The molecule has 0 aromatic heterocycles. The molecule has 0 aliphatic heterocycles. The minimum absolute atomic E-state index is 0.216. The van der Waals surface area contributed by atoms with E-state index in [0.717, 1.165) is 9.13 Å². The summed E-state index contributed by atoms with van der Waals surface area (Å²) in [4.78, 5) is 11.8. The average Bonchev–Trinajstić information content (AvgIpc) is 2.55. The van der Waals surface area contributed by atoms with Gasteiger partial charge in [0.2, 0.25) is 0 Å². The van der Waals surface area contributed by atoms with Gasteiger partial charge in [-0.2, -0.15) is 0 Å². The van der Waals surface area contributed by atoms with Crippen molar-refractivity contribution in [2.45, 2.75) is 37.7 Å². The Kier molecular flexibility index (Phi) is 7.10. The molecule has 0 fully saturated rings. The van der Waals surface area contributed by atoms with Gasteiger partial charge in [-0.25, -0.2) is 13.2 Å². The van der Waals surface area contributed by atoms with E-state index in [1.54, 1.807) is 36.4 Å². The van der Waals surface area contributed by atoms with Gasteiger partial charge in [0.05, 0.1) is 4.90 Å². The van der Waals surface area contributed by atoms with Crippen LogP contribution in [0.1, 0.15) is 26.3 Å². The molecular formula is C19H23IN2O4S. The van der Waals surface area contributed by atoms with Gasteiger partial charge in [-0.15, -0.1) is 0 Å². The van der Waals surface area contributed by atoms with Crippen molar-refractivity contribution in [3.63, 3.8) is 0 Å². The molecule has 2 aromatic rings. The molecule has 0 saturated carbocycles. The third-order valence-corrected chi connectivity index (χ3v) is 5.53. The number of benzene rings is 2. The normalized spacial score (nSPS) is 11.7. The second-order valence-corrected chi connectivity index (χ2v) is 9.86. The number of amides is 1. The number of carbonyl (C=O) groups excluding carboxylic acids is 1. The lowest BCUT2D eigenvalue weighted by molar-refractivity contribution is 0.0528. The molecule has 2 aromatic carbocycles. The fourth-order valence-corrected chi connectivity index (χ4v) is 3.61. The highest BCUT2D eigenvalue weighted by molar-refractivity contribution is 14.1. The third kappa shape index (κ3) is 7.37. The van der Waals surface area contributed by atoms with Crippen molar-refractivity contribution in [3.8, 4) is 0 Å². The number of carbonyl (C=O) groups is 1. The van der Waals surface area contributed by atoms with E-state index in [1.807, 2.05) is 32.9 Å². The van der Waals surface area contributed by atoms with Crippen molar-refractivity contribution >= 4 is 44.4 Å². The van der Waals surface area contributed by atoms with Gasteiger partial charge >= 0.3 is 6.09 Å². The molecule has 0 unspecified atom stereocenters. The van der Waals surface area contributed by atoms with Crippen molar-refractivity contribution < 1.29 is 17.9 Å². The molecule has 1 amide bonds. The number of sulfonamides is 1. The molecule has 0 bridgehead atoms. The summed E-state index contributed by atoms with van der Waals surface area (Å²) in [6.07, 6.45) is 0.160. The van der Waals surface area contributed by atoms with Crippen LogP contribution in [-0.4, -0.2) is 26.7 Å². The van der Waals surface area contributed by atoms with Crippen molar-refractivity contribution in [2.24, 2.45) is 0 Å². The Morgan fingerprint density at radius 2 is 1.63 bits per heavy atom. The van der Waals surface area contributed by atoms with Crippen LogP contribution in [0, 0.1) is 3.57 Å². The summed E-state index contributed by atoms with van der Waals surface area (Å²) in [6, 6.07) is 13.7. The minimum Gasteiger partial charge on any atom is -0.444 e. The highest BCUT2D eigenvalue weighted by atomic mass is 127. The van der Waals surface area contributed by atoms with Gasteiger partial charge in [0.1, 0.15) is 5.60 Å². The van der Waals surface area contributed by atoms with E-state index < -0.39 is 21.7 Å². The first kappa shape index (κ1) is 21.5. The van der Waals surface area contributed by atoms with Crippen LogP contribution < -0.4 is 10.0 Å². The van der Waals surface area contributed by atoms with Crippen LogP contribution in [0.25, 0.3) is 0 Å². The number of alkyl carbamates (subject to hydrolysis) is 1. The SMILES string of the molecule is CC(C)(C)OC(=O)NCCc1ccc(NS(=O)(=O)c2ccc(I)cc2)cc1. The molecule has 6 nitrogen and oxygen atoms in total. The zero-order valence-electron chi connectivity index (χ0n) is 15.5. The molecule has 0 aliphatic rings. The smallest absolute Gasteiger partial charge is 0.407 e. The van der Waals surface area contributed by atoms with Crippen LogP contribution in [0.15, 0.2) is 53.4 Å². The molecule has 2 N–H and O–H groups in total. The Hall–Kier alpha value is -1.81. The summed E-state index contributed by atoms with van der Waals surface area (Å²) in [5.41, 5.74) is 0.931. The maximum absolute atomic E-state index is 12.4. The molecular weight excluding hydrogens is 479 g/mol. The molecule has 0 saturated heterocycles. The van der Waals surface area contributed by atoms with Gasteiger partial charge in [0, 0.05) is 15.8 Å². The zero-order chi connectivity index (χ0) is 20.1. The molecule has 0 radical (unpaired) electrons. The molecule has 2 rings (SSSR count). The highest BCUT2D eigenvalue weighted by Gasteiger charge is 2.16. The lowest BCUT2D eigenvalue weighted by atomic mass is 10.1. The fraction of sp³-hybridized carbons (Fsp3) is 0.316. The maximum atomic E-state index is 12.4. The predicted octanol–water partition coefficient (Wildman–Crippen LogP) is 4.16. The third-order valence-electron chi connectivity index (χ3n) is 3.41. The molecule has 8 heteroatoms. The van der Waals surface area contributed by atoms with Crippen molar-refractivity contribution in [1.82, 2.24) is 5.32 Å². The monoisotopic (exact) mass is 502 g/mol. The Morgan fingerprint density at radius 3 is 2.19 bits per heavy atom. The Labute approximate surface area is 173 Å². The lowest BCUT2D eigenvalue weighted by Crippen LogP contribution is -2.33. The Morgan fingerprint density at radius 1 is 1.04 bits per heavy atom. The van der Waals surface area contributed by atoms with Crippen molar-refractivity contribution in [2.75, 3.05) is 11.3 Å². The number of rotatable bonds is 6. The van der Waals surface area contributed by atoms with E-state index in [4.69, 9.17) is 4.74 Å². The minimum atomic E-state index is -3.62. The van der Waals surface area contributed by atoms with Gasteiger partial charge in [0.25, 0.3) is 10.0 Å². The second-order valence-electron chi connectivity index (χ2n) is 6.94. The second kappa shape index (κ2) is 8.92. The van der Waals surface area contributed by atoms with Crippen LogP contribution in [0.4, 0.5) is 10.5 Å². The number of hydrogen-bond acceptors (Lipinski definition) is 4. The highest BCUT2D eigenvalue weighted by Crippen LogP contribution is 2.18. The largest absolute Gasteiger partial charge is 0.444 e. The van der Waals surface area contributed by atoms with Crippen LogP contribution >= 0.6 is 22.6 Å². The first-order valence-corrected chi connectivity index (χ1v) is 11.0. The maximum Gasteiger partial charge on any atom is 0.407 e. The standard InChI is InChI=1S/C19H23IN2O4S/c1-19(2,3)26-18(23)21-13-12-14-4-8-16(9-5-14)22-27(24,25)17-10-6-15(20)7-11-17/h4-11,22H,12-13H2,1-3H3,(H,21,23). The zero-order valence-corrected chi connectivity index (χ0v) is 18.4. The summed E-state index contributed by atoms with van der Waals surface area (Å²) in [6.45, 7) is 5.86. The molecule has 0 spiro atoms. The van der Waals surface area contributed by atoms with E-state index in [0.29, 0.717) is 18.7 Å². The molecule has 0 atom stereocenters. The number of hydrogen-bond donors (Lipinski definition) is 2. The van der Waals surface area contributed by atoms with Crippen molar-refractivity contribution in [3.05, 3.63) is 57.7 Å². The summed E-state index contributed by atoms with van der Waals surface area (Å²) < 4.78 is 33.5. The quantitative estimate of drug-likeness (QED) is 0.582. The van der Waals surface area contributed by atoms with Gasteiger partial charge < -0.3 is 10.1 Å². The number of ether oxygens (including phenoxy) is 1. The predicted molar refractivity (Wildman–Crippen MR) is 114 cm³/mol. The van der Waals surface area contributed by atoms with E-state index in [9.17, 15) is 13.2 Å². The number of halogens is 1. The summed E-state index contributed by atoms with van der Waals surface area (Å²) in [7, 11) is -3.62. The summed E-state index contributed by atoms with van der Waals surface area (Å²) in [5, 5.41) is 2.69.